The van der Waals surface area contributed by atoms with Crippen LogP contribution in [0.15, 0.2) is 20.6 Å². The van der Waals surface area contributed by atoms with Gasteiger partial charge in [-0.05, 0) is 25.8 Å². The molecule has 1 fully saturated rings. The lowest BCUT2D eigenvalue weighted by atomic mass is 10.3. The fraction of sp³-hybridized carbons (Fsp3) is 0.312. The fourth-order valence-electron chi connectivity index (χ4n) is 2.73. The topological polar surface area (TPSA) is 175 Å². The van der Waals surface area contributed by atoms with Crippen LogP contribution in [-0.2, 0) is 6.54 Å². The number of nitrogens with zero attached hydrogens (tertiary/aromatic N) is 7. The molecule has 4 aromatic rings. The number of aromatic amines is 2. The minimum atomic E-state index is -0.511. The molecule has 0 radical (unpaired) electrons. The number of nitrogens with one attached hydrogen (secondary N) is 3. The lowest BCUT2D eigenvalue weighted by Gasteiger charge is -2.03. The van der Waals surface area contributed by atoms with E-state index >= 15 is 0 Å². The van der Waals surface area contributed by atoms with Crippen LogP contribution >= 0.6 is 0 Å². The SMILES string of the molecule is Cc1nonc1CNc1nc(=NC2CC2)n2ncc(=Cc3[nH]c(=O)[nH]c3O)c2n1. The molecular weight excluding hydrogens is 380 g/mol. The Bertz CT molecular complexity index is 1370. The smallest absolute Gasteiger partial charge is 0.326 e. The van der Waals surface area contributed by atoms with Gasteiger partial charge < -0.3 is 15.4 Å². The summed E-state index contributed by atoms with van der Waals surface area (Å²) >= 11 is 0. The quantitative estimate of drug-likeness (QED) is 0.321. The third-order valence-corrected chi connectivity index (χ3v) is 4.42. The van der Waals surface area contributed by atoms with Crippen molar-refractivity contribution in [3.63, 3.8) is 0 Å². The Hall–Kier alpha value is -4.03. The van der Waals surface area contributed by atoms with E-state index in [1.54, 1.807) is 19.2 Å². The second kappa shape index (κ2) is 6.54. The molecule has 0 atom stereocenters. The maximum absolute atomic E-state index is 11.4. The van der Waals surface area contributed by atoms with Gasteiger partial charge in [0.05, 0.1) is 18.8 Å². The highest BCUT2D eigenvalue weighted by molar-refractivity contribution is 5.57. The van der Waals surface area contributed by atoms with E-state index in [-0.39, 0.29) is 17.6 Å². The molecule has 4 aromatic heterocycles. The predicted octanol–water partition coefficient (Wildman–Crippen LogP) is -1.24. The zero-order chi connectivity index (χ0) is 20.0. The molecule has 0 amide bonds. The molecule has 4 N–H and O–H groups in total. The van der Waals surface area contributed by atoms with Gasteiger partial charge in [-0.2, -0.15) is 19.6 Å². The van der Waals surface area contributed by atoms with E-state index in [9.17, 15) is 9.90 Å². The average Bonchev–Trinajstić information content (AvgIpc) is 3.11. The molecule has 4 heterocycles. The normalized spacial score (nSPS) is 15.5. The predicted molar refractivity (Wildman–Crippen MR) is 97.6 cm³/mol. The second-order valence-corrected chi connectivity index (χ2v) is 6.68. The number of hydrogen-bond donors (Lipinski definition) is 4. The molecule has 0 aromatic carbocycles. The van der Waals surface area contributed by atoms with E-state index in [1.807, 2.05) is 0 Å². The lowest BCUT2D eigenvalue weighted by Crippen LogP contribution is -2.24. The van der Waals surface area contributed by atoms with Gasteiger partial charge in [0.15, 0.2) is 5.65 Å². The summed E-state index contributed by atoms with van der Waals surface area (Å²) in [4.78, 5) is 29.7. The minimum Gasteiger partial charge on any atom is -0.493 e. The summed E-state index contributed by atoms with van der Waals surface area (Å²) < 4.78 is 6.23. The molecule has 29 heavy (non-hydrogen) atoms. The third-order valence-electron chi connectivity index (χ3n) is 4.42. The molecule has 1 saturated carbocycles. The average molecular weight is 396 g/mol. The summed E-state index contributed by atoms with van der Waals surface area (Å²) in [6.07, 6.45) is 5.16. The largest absolute Gasteiger partial charge is 0.493 e. The van der Waals surface area contributed by atoms with Gasteiger partial charge in [0.25, 0.3) is 5.62 Å². The van der Waals surface area contributed by atoms with Crippen LogP contribution in [0.25, 0.3) is 11.7 Å². The van der Waals surface area contributed by atoms with Gasteiger partial charge in [0.2, 0.25) is 11.8 Å². The van der Waals surface area contributed by atoms with Crippen LogP contribution in [0.3, 0.4) is 0 Å². The van der Waals surface area contributed by atoms with Gasteiger partial charge in [-0.3, -0.25) is 4.98 Å². The summed E-state index contributed by atoms with van der Waals surface area (Å²) in [6.45, 7) is 2.12. The molecule has 0 unspecified atom stereocenters. The first-order chi connectivity index (χ1) is 14.1. The highest BCUT2D eigenvalue weighted by Crippen LogP contribution is 2.22. The van der Waals surface area contributed by atoms with Crippen molar-refractivity contribution in [2.24, 2.45) is 4.99 Å². The Morgan fingerprint density at radius 1 is 1.38 bits per heavy atom. The molecule has 5 rings (SSSR count). The number of H-pyrrole nitrogens is 2. The van der Waals surface area contributed by atoms with Crippen LogP contribution < -0.4 is 21.8 Å². The van der Waals surface area contributed by atoms with Gasteiger partial charge in [-0.25, -0.2) is 14.4 Å². The fourth-order valence-corrected chi connectivity index (χ4v) is 2.73. The summed E-state index contributed by atoms with van der Waals surface area (Å²) in [7, 11) is 0. The molecule has 0 bridgehead atoms. The van der Waals surface area contributed by atoms with Crippen molar-refractivity contribution in [3.8, 4) is 5.88 Å². The highest BCUT2D eigenvalue weighted by atomic mass is 16.6. The Morgan fingerprint density at radius 3 is 2.93 bits per heavy atom. The van der Waals surface area contributed by atoms with E-state index in [1.165, 1.54) is 4.52 Å². The molecule has 0 aliphatic heterocycles. The van der Waals surface area contributed by atoms with Crippen molar-refractivity contribution in [1.29, 1.82) is 0 Å². The van der Waals surface area contributed by atoms with E-state index in [0.717, 1.165) is 12.8 Å². The Morgan fingerprint density at radius 2 is 2.24 bits per heavy atom. The molecule has 0 spiro atoms. The monoisotopic (exact) mass is 396 g/mol. The van der Waals surface area contributed by atoms with Crippen LogP contribution in [0.5, 0.6) is 5.88 Å². The standard InChI is InChI=1S/C16H16N10O3/c1-7-11(25-29-24-7)6-17-14-21-12-8(4-10-13(27)22-16(28)20-10)5-18-26(12)15(23-14)19-9-2-3-9/h4-5,9,27H,2-3,6H2,1H3,(H,17,19,23)(H2,20,22,28). The number of aryl methyl sites for hydroxylation is 1. The first-order valence-corrected chi connectivity index (χ1v) is 8.91. The maximum atomic E-state index is 11.4. The van der Waals surface area contributed by atoms with E-state index < -0.39 is 5.69 Å². The maximum Gasteiger partial charge on any atom is 0.326 e. The van der Waals surface area contributed by atoms with Gasteiger partial charge in [0, 0.05) is 5.22 Å². The zero-order valence-electron chi connectivity index (χ0n) is 15.2. The summed E-state index contributed by atoms with van der Waals surface area (Å²) in [5.74, 6) is 0.0693. The van der Waals surface area contributed by atoms with E-state index in [4.69, 9.17) is 4.63 Å². The molecule has 1 aliphatic rings. The van der Waals surface area contributed by atoms with Crippen molar-refractivity contribution in [2.75, 3.05) is 5.32 Å². The van der Waals surface area contributed by atoms with Gasteiger partial charge in [-0.1, -0.05) is 10.3 Å². The van der Waals surface area contributed by atoms with Crippen molar-refractivity contribution in [2.45, 2.75) is 32.4 Å². The summed E-state index contributed by atoms with van der Waals surface area (Å²) in [6, 6.07) is 0.227. The van der Waals surface area contributed by atoms with Gasteiger partial charge in [0.1, 0.15) is 17.1 Å². The Kier molecular flexibility index (Phi) is 3.86. The number of aromatic nitrogens is 8. The number of anilines is 1. The van der Waals surface area contributed by atoms with Crippen LogP contribution in [0.4, 0.5) is 5.95 Å². The molecule has 13 nitrogen and oxygen atoms in total. The number of fused-ring (bicyclic) bond motifs is 1. The van der Waals surface area contributed by atoms with Gasteiger partial charge in [-0.15, -0.1) is 0 Å². The number of imidazole rings is 1. The van der Waals surface area contributed by atoms with Crippen LogP contribution in [0.1, 0.15) is 29.9 Å². The number of rotatable bonds is 5. The summed E-state index contributed by atoms with van der Waals surface area (Å²) in [5, 5.41) is 25.4. The van der Waals surface area contributed by atoms with E-state index in [0.29, 0.717) is 40.4 Å². The third kappa shape index (κ3) is 3.33. The lowest BCUT2D eigenvalue weighted by molar-refractivity contribution is 0.301. The van der Waals surface area contributed by atoms with Crippen molar-refractivity contribution in [1.82, 2.24) is 39.9 Å². The molecule has 1 aliphatic carbocycles. The number of aromatic hydroxyl groups is 1. The molecule has 148 valence electrons. The molecule has 0 saturated heterocycles. The van der Waals surface area contributed by atoms with Crippen molar-refractivity contribution in [3.05, 3.63) is 44.6 Å². The first kappa shape index (κ1) is 17.1. The Balaban J connectivity index is 1.62. The van der Waals surface area contributed by atoms with Crippen LogP contribution in [0.2, 0.25) is 0 Å². The van der Waals surface area contributed by atoms with Crippen molar-refractivity contribution < 1.29 is 9.74 Å². The van der Waals surface area contributed by atoms with E-state index in [2.05, 4.69) is 45.7 Å². The zero-order valence-corrected chi connectivity index (χ0v) is 15.2. The highest BCUT2D eigenvalue weighted by Gasteiger charge is 2.21. The van der Waals surface area contributed by atoms with Crippen LogP contribution in [0, 0.1) is 6.92 Å². The van der Waals surface area contributed by atoms with Crippen molar-refractivity contribution >= 4 is 17.7 Å². The molecular formula is C16H16N10O3. The van der Waals surface area contributed by atoms with Crippen LogP contribution in [-0.4, -0.2) is 51.0 Å². The minimum absolute atomic E-state index is 0.225. The summed E-state index contributed by atoms with van der Waals surface area (Å²) in [5.41, 5.74) is 1.92. The molecule has 13 heteroatoms. The van der Waals surface area contributed by atoms with Gasteiger partial charge >= 0.3 is 5.69 Å². The Labute approximate surface area is 161 Å². The number of hydrogen-bond acceptors (Lipinski definition) is 10. The first-order valence-electron chi connectivity index (χ1n) is 8.91. The second-order valence-electron chi connectivity index (χ2n) is 6.68.